The first-order valence-electron chi connectivity index (χ1n) is 6.30. The van der Waals surface area contributed by atoms with Gasteiger partial charge in [0, 0.05) is 22.5 Å². The van der Waals surface area contributed by atoms with Crippen LogP contribution < -0.4 is 10.5 Å². The molecule has 4 heteroatoms. The van der Waals surface area contributed by atoms with E-state index in [1.165, 1.54) is 4.90 Å². The number of hydrogen-bond donors (Lipinski definition) is 1. The van der Waals surface area contributed by atoms with Crippen LogP contribution >= 0.6 is 11.8 Å². The van der Waals surface area contributed by atoms with Gasteiger partial charge in [0.1, 0.15) is 11.9 Å². The predicted molar refractivity (Wildman–Crippen MR) is 77.5 cm³/mol. The summed E-state index contributed by atoms with van der Waals surface area (Å²) in [7, 11) is 0. The van der Waals surface area contributed by atoms with Crippen LogP contribution in [0.2, 0.25) is 0 Å². The van der Waals surface area contributed by atoms with Crippen LogP contribution in [0, 0.1) is 6.92 Å². The molecule has 2 aromatic rings. The molecule has 3 nitrogen and oxygen atoms in total. The van der Waals surface area contributed by atoms with E-state index >= 15 is 0 Å². The van der Waals surface area contributed by atoms with Crippen molar-refractivity contribution in [3.63, 3.8) is 0 Å². The molecule has 1 aliphatic rings. The van der Waals surface area contributed by atoms with Crippen molar-refractivity contribution in [3.05, 3.63) is 53.9 Å². The summed E-state index contributed by atoms with van der Waals surface area (Å²) in [4.78, 5) is 5.48. The first-order chi connectivity index (χ1) is 9.24. The van der Waals surface area contributed by atoms with Gasteiger partial charge in [0.05, 0.1) is 6.04 Å². The second-order valence-corrected chi connectivity index (χ2v) is 5.73. The largest absolute Gasteiger partial charge is 0.486 e. The normalized spacial score (nSPS) is 19.4. The minimum atomic E-state index is -0.144. The number of nitrogens with zero attached hydrogens (tertiary/aromatic N) is 1. The molecule has 0 saturated heterocycles. The highest BCUT2D eigenvalue weighted by molar-refractivity contribution is 7.99. The smallest absolute Gasteiger partial charge is 0.133 e. The van der Waals surface area contributed by atoms with Crippen molar-refractivity contribution in [3.8, 4) is 5.75 Å². The number of aryl methyl sites for hydroxylation is 1. The summed E-state index contributed by atoms with van der Waals surface area (Å²) in [5.41, 5.74) is 8.32. The molecule has 0 bridgehead atoms. The van der Waals surface area contributed by atoms with Gasteiger partial charge in [-0.05, 0) is 30.7 Å². The molecule has 2 unspecified atom stereocenters. The molecule has 1 aromatic carbocycles. The van der Waals surface area contributed by atoms with Crippen molar-refractivity contribution in [2.75, 3.05) is 5.75 Å². The molecular weight excluding hydrogens is 256 g/mol. The molecule has 1 aliphatic heterocycles. The predicted octanol–water partition coefficient (Wildman–Crippen LogP) is 2.94. The first kappa shape index (κ1) is 12.5. The molecule has 0 spiro atoms. The third-order valence-corrected chi connectivity index (χ3v) is 4.39. The van der Waals surface area contributed by atoms with Crippen molar-refractivity contribution in [2.24, 2.45) is 5.73 Å². The van der Waals surface area contributed by atoms with Crippen molar-refractivity contribution >= 4 is 11.8 Å². The lowest BCUT2D eigenvalue weighted by Gasteiger charge is -2.29. The van der Waals surface area contributed by atoms with E-state index in [0.29, 0.717) is 0 Å². The molecular formula is C15H16N2OS. The van der Waals surface area contributed by atoms with Gasteiger partial charge < -0.3 is 10.5 Å². The maximum atomic E-state index is 6.30. The number of pyridine rings is 1. The maximum Gasteiger partial charge on any atom is 0.133 e. The summed E-state index contributed by atoms with van der Waals surface area (Å²) < 4.78 is 6.00. The summed E-state index contributed by atoms with van der Waals surface area (Å²) in [5.74, 6) is 1.80. The van der Waals surface area contributed by atoms with E-state index in [4.69, 9.17) is 10.5 Å². The van der Waals surface area contributed by atoms with Gasteiger partial charge in [0.15, 0.2) is 0 Å². The number of hydrogen-bond acceptors (Lipinski definition) is 4. The first-order valence-corrected chi connectivity index (χ1v) is 7.29. The lowest BCUT2D eigenvalue weighted by molar-refractivity contribution is 0.185. The highest BCUT2D eigenvalue weighted by atomic mass is 32.2. The zero-order chi connectivity index (χ0) is 13.2. The molecule has 3 rings (SSSR count). The van der Waals surface area contributed by atoms with E-state index in [1.807, 2.05) is 43.5 Å². The molecule has 0 radical (unpaired) electrons. The highest BCUT2D eigenvalue weighted by Gasteiger charge is 2.26. The van der Waals surface area contributed by atoms with Crippen LogP contribution in [-0.2, 0) is 0 Å². The second kappa shape index (κ2) is 5.23. The number of rotatable bonds is 2. The number of fused-ring (bicyclic) bond motifs is 1. The van der Waals surface area contributed by atoms with E-state index in [2.05, 4.69) is 11.1 Å². The summed E-state index contributed by atoms with van der Waals surface area (Å²) in [6, 6.07) is 12.0. The van der Waals surface area contributed by atoms with Gasteiger partial charge in [-0.1, -0.05) is 18.2 Å². The summed E-state index contributed by atoms with van der Waals surface area (Å²) in [5, 5.41) is 0. The molecule has 2 atom stereocenters. The van der Waals surface area contributed by atoms with Gasteiger partial charge in [-0.15, -0.1) is 11.8 Å². The van der Waals surface area contributed by atoms with Crippen molar-refractivity contribution in [2.45, 2.75) is 24.0 Å². The molecule has 0 saturated carbocycles. The lowest BCUT2D eigenvalue weighted by Crippen LogP contribution is -2.35. The molecule has 98 valence electrons. The monoisotopic (exact) mass is 272 g/mol. The molecule has 2 N–H and O–H groups in total. The van der Waals surface area contributed by atoms with Crippen LogP contribution in [0.1, 0.15) is 17.3 Å². The SMILES string of the molecule is Cc1ccc(C(N)C2CSc3ccccc3O2)cn1. The summed E-state index contributed by atoms with van der Waals surface area (Å²) >= 11 is 1.80. The molecule has 0 aliphatic carbocycles. The number of aromatic nitrogens is 1. The highest BCUT2D eigenvalue weighted by Crippen LogP contribution is 2.37. The van der Waals surface area contributed by atoms with Crippen LogP contribution in [0.5, 0.6) is 5.75 Å². The Morgan fingerprint density at radius 1 is 1.32 bits per heavy atom. The second-order valence-electron chi connectivity index (χ2n) is 4.67. The number of thioether (sulfide) groups is 1. The van der Waals surface area contributed by atoms with E-state index in [1.54, 1.807) is 11.8 Å². The Bertz CT molecular complexity index is 571. The Morgan fingerprint density at radius 2 is 2.16 bits per heavy atom. The van der Waals surface area contributed by atoms with Gasteiger partial charge in [0.25, 0.3) is 0 Å². The summed E-state index contributed by atoms with van der Waals surface area (Å²) in [6.45, 7) is 1.97. The zero-order valence-electron chi connectivity index (χ0n) is 10.7. The van der Waals surface area contributed by atoms with Gasteiger partial charge >= 0.3 is 0 Å². The van der Waals surface area contributed by atoms with Crippen LogP contribution in [0.25, 0.3) is 0 Å². The molecule has 0 fully saturated rings. The average molecular weight is 272 g/mol. The van der Waals surface area contributed by atoms with E-state index in [-0.39, 0.29) is 12.1 Å². The third-order valence-electron chi connectivity index (χ3n) is 3.25. The zero-order valence-corrected chi connectivity index (χ0v) is 11.6. The van der Waals surface area contributed by atoms with Gasteiger partial charge in [0.2, 0.25) is 0 Å². The molecule has 1 aromatic heterocycles. The third kappa shape index (κ3) is 2.60. The molecule has 19 heavy (non-hydrogen) atoms. The number of benzene rings is 1. The number of nitrogens with two attached hydrogens (primary N) is 1. The Kier molecular flexibility index (Phi) is 3.44. The van der Waals surface area contributed by atoms with Crippen molar-refractivity contribution < 1.29 is 4.74 Å². The Balaban J connectivity index is 1.79. The quantitative estimate of drug-likeness (QED) is 0.913. The van der Waals surface area contributed by atoms with Crippen LogP contribution in [-0.4, -0.2) is 16.8 Å². The van der Waals surface area contributed by atoms with Crippen LogP contribution in [0.3, 0.4) is 0 Å². The standard InChI is InChI=1S/C15H16N2OS/c1-10-6-7-11(8-17-10)15(16)13-9-19-14-5-3-2-4-12(14)18-13/h2-8,13,15H,9,16H2,1H3. The Hall–Kier alpha value is -1.52. The molecule has 2 heterocycles. The average Bonchev–Trinajstić information content (AvgIpc) is 2.47. The van der Waals surface area contributed by atoms with Gasteiger partial charge in [-0.25, -0.2) is 0 Å². The van der Waals surface area contributed by atoms with E-state index in [0.717, 1.165) is 22.8 Å². The Labute approximate surface area is 117 Å². The Morgan fingerprint density at radius 3 is 2.95 bits per heavy atom. The van der Waals surface area contributed by atoms with E-state index in [9.17, 15) is 0 Å². The topological polar surface area (TPSA) is 48.1 Å². The van der Waals surface area contributed by atoms with Gasteiger partial charge in [-0.3, -0.25) is 4.98 Å². The van der Waals surface area contributed by atoms with Crippen LogP contribution in [0.15, 0.2) is 47.5 Å². The fraction of sp³-hybridized carbons (Fsp3) is 0.267. The van der Waals surface area contributed by atoms with E-state index < -0.39 is 0 Å². The minimum absolute atomic E-state index is 0.00981. The van der Waals surface area contributed by atoms with Gasteiger partial charge in [-0.2, -0.15) is 0 Å². The lowest BCUT2D eigenvalue weighted by atomic mass is 10.0. The fourth-order valence-corrected chi connectivity index (χ4v) is 3.16. The van der Waals surface area contributed by atoms with Crippen molar-refractivity contribution in [1.82, 2.24) is 4.98 Å². The van der Waals surface area contributed by atoms with Crippen molar-refractivity contribution in [1.29, 1.82) is 0 Å². The van der Waals surface area contributed by atoms with Crippen LogP contribution in [0.4, 0.5) is 0 Å². The fourth-order valence-electron chi connectivity index (χ4n) is 2.10. The number of para-hydroxylation sites is 1. The molecule has 0 amide bonds. The summed E-state index contributed by atoms with van der Waals surface area (Å²) in [6.07, 6.45) is 1.83. The number of ether oxygens (including phenoxy) is 1. The minimum Gasteiger partial charge on any atom is -0.486 e. The maximum absolute atomic E-state index is 6.30.